The zero-order chi connectivity index (χ0) is 13.8. The number of hydrogen-bond acceptors (Lipinski definition) is 6. The predicted molar refractivity (Wildman–Crippen MR) is 80.0 cm³/mol. The number of nitrogens with zero attached hydrogens (tertiary/aromatic N) is 4. The molecule has 0 spiro atoms. The molecule has 0 bridgehead atoms. The van der Waals surface area contributed by atoms with Gasteiger partial charge in [0, 0.05) is 25.1 Å². The molecule has 1 aromatic carbocycles. The zero-order valence-electron chi connectivity index (χ0n) is 10.8. The summed E-state index contributed by atoms with van der Waals surface area (Å²) in [7, 11) is 3.71. The molecule has 0 radical (unpaired) electrons. The topological polar surface area (TPSA) is 80.0 Å². The van der Waals surface area contributed by atoms with Gasteiger partial charge in [-0.2, -0.15) is 15.0 Å². The van der Waals surface area contributed by atoms with Crippen LogP contribution in [0.1, 0.15) is 5.56 Å². The Morgan fingerprint density at radius 3 is 2.47 bits per heavy atom. The Kier molecular flexibility index (Phi) is 4.16. The molecule has 0 unspecified atom stereocenters. The molecule has 7 heteroatoms. The Morgan fingerprint density at radius 1 is 1.16 bits per heavy atom. The summed E-state index contributed by atoms with van der Waals surface area (Å²) in [6.45, 7) is 0.629. The Bertz CT molecular complexity index is 555. The summed E-state index contributed by atoms with van der Waals surface area (Å²) in [6.07, 6.45) is 0. The van der Waals surface area contributed by atoms with Gasteiger partial charge in [0.2, 0.25) is 17.8 Å². The molecular formula is C12H15BrN6. The maximum absolute atomic E-state index is 5.65. The first-order valence-corrected chi connectivity index (χ1v) is 6.51. The van der Waals surface area contributed by atoms with Crippen molar-refractivity contribution in [3.8, 4) is 0 Å². The molecule has 100 valence electrons. The van der Waals surface area contributed by atoms with Crippen molar-refractivity contribution in [1.82, 2.24) is 15.0 Å². The fourth-order valence-corrected chi connectivity index (χ4v) is 1.71. The van der Waals surface area contributed by atoms with E-state index in [1.807, 2.05) is 38.4 Å². The second-order valence-corrected chi connectivity index (χ2v) is 5.11. The molecule has 2 rings (SSSR count). The lowest BCUT2D eigenvalue weighted by Crippen LogP contribution is -2.16. The van der Waals surface area contributed by atoms with Gasteiger partial charge in [0.15, 0.2) is 0 Å². The van der Waals surface area contributed by atoms with E-state index in [-0.39, 0.29) is 5.95 Å². The first-order valence-electron chi connectivity index (χ1n) is 5.72. The second kappa shape index (κ2) is 5.83. The quantitative estimate of drug-likeness (QED) is 0.894. The minimum Gasteiger partial charge on any atom is -0.368 e. The molecule has 2 aromatic rings. The molecule has 0 aliphatic rings. The van der Waals surface area contributed by atoms with Crippen LogP contribution in [0.15, 0.2) is 28.7 Å². The monoisotopic (exact) mass is 322 g/mol. The summed E-state index contributed by atoms with van der Waals surface area (Å²) >= 11 is 3.40. The van der Waals surface area contributed by atoms with Gasteiger partial charge in [0.05, 0.1) is 0 Å². The molecule has 19 heavy (non-hydrogen) atoms. The highest BCUT2D eigenvalue weighted by Gasteiger charge is 2.05. The Hall–Kier alpha value is -1.89. The largest absolute Gasteiger partial charge is 0.368 e. The van der Waals surface area contributed by atoms with E-state index >= 15 is 0 Å². The van der Waals surface area contributed by atoms with E-state index in [4.69, 9.17) is 5.73 Å². The minimum atomic E-state index is 0.206. The Morgan fingerprint density at radius 2 is 1.84 bits per heavy atom. The van der Waals surface area contributed by atoms with Gasteiger partial charge in [-0.3, -0.25) is 0 Å². The van der Waals surface area contributed by atoms with Gasteiger partial charge in [0.1, 0.15) is 0 Å². The van der Waals surface area contributed by atoms with Crippen LogP contribution in [0, 0.1) is 0 Å². The van der Waals surface area contributed by atoms with Crippen LogP contribution >= 0.6 is 15.9 Å². The molecule has 0 aliphatic carbocycles. The highest BCUT2D eigenvalue weighted by atomic mass is 79.9. The van der Waals surface area contributed by atoms with Crippen molar-refractivity contribution in [2.75, 3.05) is 30.0 Å². The zero-order valence-corrected chi connectivity index (χ0v) is 12.3. The molecule has 0 atom stereocenters. The molecular weight excluding hydrogens is 308 g/mol. The average Bonchev–Trinajstić information content (AvgIpc) is 2.37. The number of aromatic nitrogens is 3. The fraction of sp³-hybridized carbons (Fsp3) is 0.250. The highest BCUT2D eigenvalue weighted by molar-refractivity contribution is 9.10. The standard InChI is InChI=1S/C12H15BrN6/c1-19(2)12-17-10(14)16-11(18-12)15-7-8-3-5-9(13)6-4-8/h3-6H,7H2,1-2H3,(H3,14,15,16,17,18). The first-order chi connectivity index (χ1) is 9.04. The van der Waals surface area contributed by atoms with Crippen LogP contribution in [0.3, 0.4) is 0 Å². The van der Waals surface area contributed by atoms with Crippen LogP contribution in [-0.2, 0) is 6.54 Å². The number of halogens is 1. The highest BCUT2D eigenvalue weighted by Crippen LogP contribution is 2.13. The summed E-state index contributed by atoms with van der Waals surface area (Å²) in [5, 5.41) is 3.13. The molecule has 0 amide bonds. The van der Waals surface area contributed by atoms with E-state index in [0.29, 0.717) is 18.4 Å². The van der Waals surface area contributed by atoms with Gasteiger partial charge in [-0.15, -0.1) is 0 Å². The number of hydrogen-bond donors (Lipinski definition) is 2. The molecule has 1 heterocycles. The van der Waals surface area contributed by atoms with Gasteiger partial charge < -0.3 is 16.0 Å². The van der Waals surface area contributed by atoms with Crippen molar-refractivity contribution >= 4 is 33.8 Å². The average molecular weight is 323 g/mol. The lowest BCUT2D eigenvalue weighted by Gasteiger charge is -2.12. The third-order valence-corrected chi connectivity index (χ3v) is 2.93. The number of benzene rings is 1. The van der Waals surface area contributed by atoms with E-state index in [0.717, 1.165) is 10.0 Å². The molecule has 0 saturated carbocycles. The lowest BCUT2D eigenvalue weighted by molar-refractivity contribution is 0.950. The van der Waals surface area contributed by atoms with Crippen molar-refractivity contribution in [1.29, 1.82) is 0 Å². The van der Waals surface area contributed by atoms with Crippen molar-refractivity contribution in [2.24, 2.45) is 0 Å². The number of nitrogens with two attached hydrogens (primary N) is 1. The molecule has 0 fully saturated rings. The number of nitrogen functional groups attached to an aromatic ring is 1. The van der Waals surface area contributed by atoms with Gasteiger partial charge in [-0.05, 0) is 17.7 Å². The smallest absolute Gasteiger partial charge is 0.231 e. The number of rotatable bonds is 4. The summed E-state index contributed by atoms with van der Waals surface area (Å²) in [5.74, 6) is 1.21. The predicted octanol–water partition coefficient (Wildman–Crippen LogP) is 1.89. The lowest BCUT2D eigenvalue weighted by atomic mass is 10.2. The van der Waals surface area contributed by atoms with Gasteiger partial charge in [-0.25, -0.2) is 0 Å². The van der Waals surface area contributed by atoms with Crippen LogP contribution < -0.4 is 16.0 Å². The van der Waals surface area contributed by atoms with Crippen molar-refractivity contribution in [2.45, 2.75) is 6.54 Å². The minimum absolute atomic E-state index is 0.206. The van der Waals surface area contributed by atoms with Crippen LogP contribution in [-0.4, -0.2) is 29.0 Å². The van der Waals surface area contributed by atoms with Gasteiger partial charge in [-0.1, -0.05) is 28.1 Å². The number of nitrogens with one attached hydrogen (secondary N) is 1. The van der Waals surface area contributed by atoms with Crippen molar-refractivity contribution in [3.63, 3.8) is 0 Å². The van der Waals surface area contributed by atoms with E-state index in [2.05, 4.69) is 36.2 Å². The second-order valence-electron chi connectivity index (χ2n) is 4.19. The fourth-order valence-electron chi connectivity index (χ4n) is 1.44. The first kappa shape index (κ1) is 13.5. The van der Waals surface area contributed by atoms with E-state index in [1.165, 1.54) is 0 Å². The number of anilines is 3. The molecule has 6 nitrogen and oxygen atoms in total. The summed E-state index contributed by atoms with van der Waals surface area (Å²) < 4.78 is 1.05. The van der Waals surface area contributed by atoms with E-state index in [1.54, 1.807) is 4.90 Å². The Balaban J connectivity index is 2.08. The maximum atomic E-state index is 5.65. The summed E-state index contributed by atoms with van der Waals surface area (Å²) in [4.78, 5) is 14.1. The Labute approximate surface area is 120 Å². The third-order valence-electron chi connectivity index (χ3n) is 2.40. The molecule has 0 aliphatic heterocycles. The van der Waals surface area contributed by atoms with Gasteiger partial charge >= 0.3 is 0 Å². The molecule has 0 saturated heterocycles. The van der Waals surface area contributed by atoms with Crippen molar-refractivity contribution < 1.29 is 0 Å². The van der Waals surface area contributed by atoms with Crippen LogP contribution in [0.25, 0.3) is 0 Å². The van der Waals surface area contributed by atoms with Gasteiger partial charge in [0.25, 0.3) is 0 Å². The van der Waals surface area contributed by atoms with Crippen molar-refractivity contribution in [3.05, 3.63) is 34.3 Å². The molecule has 1 aromatic heterocycles. The summed E-state index contributed by atoms with van der Waals surface area (Å²) in [5.41, 5.74) is 6.78. The SMILES string of the molecule is CN(C)c1nc(N)nc(NCc2ccc(Br)cc2)n1. The van der Waals surface area contributed by atoms with E-state index in [9.17, 15) is 0 Å². The van der Waals surface area contributed by atoms with Crippen LogP contribution in [0.2, 0.25) is 0 Å². The maximum Gasteiger partial charge on any atom is 0.231 e. The van der Waals surface area contributed by atoms with Crippen LogP contribution in [0.4, 0.5) is 17.8 Å². The summed E-state index contributed by atoms with van der Waals surface area (Å²) in [6, 6.07) is 8.02. The van der Waals surface area contributed by atoms with E-state index < -0.39 is 0 Å². The van der Waals surface area contributed by atoms with Crippen LogP contribution in [0.5, 0.6) is 0 Å². The molecule has 3 N–H and O–H groups in total. The third kappa shape index (κ3) is 3.78. The normalized spacial score (nSPS) is 10.3.